The molecule has 10 heteroatoms. The van der Waals surface area contributed by atoms with Crippen molar-refractivity contribution in [2.24, 2.45) is 11.8 Å². The molecule has 1 atom stereocenters. The molecule has 1 aliphatic rings. The van der Waals surface area contributed by atoms with E-state index in [-0.39, 0.29) is 21.9 Å². The van der Waals surface area contributed by atoms with Crippen molar-refractivity contribution in [2.75, 3.05) is 23.8 Å². The molecule has 2 aromatic heterocycles. The zero-order chi connectivity index (χ0) is 28.5. The Morgan fingerprint density at radius 1 is 1.21 bits per heavy atom. The second-order valence-corrected chi connectivity index (χ2v) is 13.0. The van der Waals surface area contributed by atoms with Gasteiger partial charge < -0.3 is 15.4 Å². The number of pyridine rings is 2. The molecule has 1 aliphatic heterocycles. The van der Waals surface area contributed by atoms with Gasteiger partial charge in [-0.05, 0) is 80.5 Å². The van der Waals surface area contributed by atoms with E-state index in [1.54, 1.807) is 12.3 Å². The first kappa shape index (κ1) is 28.4. The summed E-state index contributed by atoms with van der Waals surface area (Å²) in [6, 6.07) is 11.8. The van der Waals surface area contributed by atoms with Crippen LogP contribution in [-0.2, 0) is 10.0 Å². The maximum atomic E-state index is 13.6. The van der Waals surface area contributed by atoms with Gasteiger partial charge in [-0.2, -0.15) is 8.42 Å². The van der Waals surface area contributed by atoms with E-state index in [0.29, 0.717) is 36.4 Å². The summed E-state index contributed by atoms with van der Waals surface area (Å²) < 4.78 is 34.2. The van der Waals surface area contributed by atoms with Crippen molar-refractivity contribution in [2.45, 2.75) is 58.5 Å². The van der Waals surface area contributed by atoms with E-state index in [0.717, 1.165) is 23.3 Å². The third kappa shape index (κ3) is 6.50. The van der Waals surface area contributed by atoms with Gasteiger partial charge in [0, 0.05) is 23.8 Å². The third-order valence-corrected chi connectivity index (χ3v) is 7.89. The van der Waals surface area contributed by atoms with Crippen molar-refractivity contribution < 1.29 is 17.9 Å². The maximum Gasteiger partial charge on any atom is 0.281 e. The lowest BCUT2D eigenvalue weighted by Gasteiger charge is -2.33. The van der Waals surface area contributed by atoms with E-state index in [1.807, 2.05) is 25.1 Å². The normalized spacial score (nSPS) is 16.9. The minimum atomic E-state index is -4.27. The summed E-state index contributed by atoms with van der Waals surface area (Å²) in [5.41, 5.74) is 8.05. The lowest BCUT2D eigenvalue weighted by Crippen LogP contribution is -2.41. The summed E-state index contributed by atoms with van der Waals surface area (Å²) in [5, 5.41) is -0.331. The molecule has 3 aromatic rings. The number of aromatic nitrogens is 2. The van der Waals surface area contributed by atoms with Gasteiger partial charge in [-0.25, -0.2) is 14.7 Å². The Hall–Kier alpha value is -3.66. The second-order valence-electron chi connectivity index (χ2n) is 11.4. The van der Waals surface area contributed by atoms with Gasteiger partial charge in [-0.3, -0.25) is 4.79 Å². The van der Waals surface area contributed by atoms with E-state index >= 15 is 0 Å². The Labute approximate surface area is 230 Å². The summed E-state index contributed by atoms with van der Waals surface area (Å²) in [5.74, 6) is 1.16. The average Bonchev–Trinajstić information content (AvgIpc) is 3.13. The predicted octanol–water partition coefficient (Wildman–Crippen LogP) is 4.81. The van der Waals surface area contributed by atoms with Crippen molar-refractivity contribution in [3.63, 3.8) is 0 Å². The predicted molar refractivity (Wildman–Crippen MR) is 153 cm³/mol. The zero-order valence-corrected chi connectivity index (χ0v) is 24.2. The smallest absolute Gasteiger partial charge is 0.281 e. The highest BCUT2D eigenvalue weighted by molar-refractivity contribution is 7.90. The molecule has 1 unspecified atom stereocenters. The summed E-state index contributed by atoms with van der Waals surface area (Å²) in [4.78, 5) is 24.3. The average molecular weight is 552 g/mol. The number of sulfonamides is 1. The van der Waals surface area contributed by atoms with Crippen LogP contribution in [-0.4, -0.2) is 43.0 Å². The summed E-state index contributed by atoms with van der Waals surface area (Å²) in [7, 11) is -4.27. The first-order valence-electron chi connectivity index (χ1n) is 13.1. The van der Waals surface area contributed by atoms with Gasteiger partial charge in [0.1, 0.15) is 17.4 Å². The van der Waals surface area contributed by atoms with Crippen LogP contribution in [0.25, 0.3) is 11.1 Å². The molecule has 1 amide bonds. The number of nitrogen functional groups attached to an aromatic ring is 1. The number of anilines is 2. The van der Waals surface area contributed by atoms with Gasteiger partial charge in [0.15, 0.2) is 5.03 Å². The van der Waals surface area contributed by atoms with E-state index in [9.17, 15) is 13.2 Å². The number of aryl methyl sites for hydroxylation is 1. The van der Waals surface area contributed by atoms with Crippen molar-refractivity contribution in [3.8, 4) is 16.9 Å². The Balaban J connectivity index is 1.78. The van der Waals surface area contributed by atoms with Gasteiger partial charge in [0.2, 0.25) is 0 Å². The maximum absolute atomic E-state index is 13.6. The Kier molecular flexibility index (Phi) is 7.88. The number of benzene rings is 1. The Morgan fingerprint density at radius 3 is 2.59 bits per heavy atom. The molecule has 1 fully saturated rings. The fraction of sp³-hybridized carbons (Fsp3) is 0.414. The topological polar surface area (TPSA) is 128 Å². The number of amides is 1. The summed E-state index contributed by atoms with van der Waals surface area (Å²) in [6.07, 6.45) is 2.64. The minimum absolute atomic E-state index is 0.0393. The molecule has 0 spiro atoms. The molecule has 0 radical (unpaired) electrons. The number of carbonyl (C=O) groups excluding carboxylic acids is 1. The van der Waals surface area contributed by atoms with Crippen LogP contribution in [0.15, 0.2) is 53.7 Å². The summed E-state index contributed by atoms with van der Waals surface area (Å²) in [6.45, 7) is 13.8. The van der Waals surface area contributed by atoms with Crippen LogP contribution in [0.5, 0.6) is 5.75 Å². The lowest BCUT2D eigenvalue weighted by atomic mass is 9.97. The van der Waals surface area contributed by atoms with Crippen molar-refractivity contribution in [1.82, 2.24) is 14.7 Å². The Bertz CT molecular complexity index is 1490. The van der Waals surface area contributed by atoms with Gasteiger partial charge in [-0.1, -0.05) is 32.9 Å². The molecule has 0 bridgehead atoms. The summed E-state index contributed by atoms with van der Waals surface area (Å²) >= 11 is 0. The number of hydrogen-bond acceptors (Lipinski definition) is 8. The zero-order valence-electron chi connectivity index (χ0n) is 23.4. The number of nitrogens with zero attached hydrogens (tertiary/aromatic N) is 3. The Morgan fingerprint density at radius 2 is 1.95 bits per heavy atom. The molecule has 4 rings (SSSR count). The quantitative estimate of drug-likeness (QED) is 0.408. The monoisotopic (exact) mass is 551 g/mol. The number of rotatable bonds is 8. The van der Waals surface area contributed by atoms with E-state index in [4.69, 9.17) is 15.5 Å². The number of nitrogens with two attached hydrogens (primary N) is 1. The molecule has 0 aliphatic carbocycles. The fourth-order valence-electron chi connectivity index (χ4n) is 5.03. The fourth-order valence-corrected chi connectivity index (χ4v) is 5.97. The lowest BCUT2D eigenvalue weighted by molar-refractivity contribution is 0.0981. The number of hydrogen-bond donors (Lipinski definition) is 2. The standard InChI is InChI=1S/C29H37N5O4S/c1-18(2)17-38-23-11-19(3)10-21(12-23)22-13-24(27(31-15-22)34-16-20(4)14-29(34,5)6)28(35)33-39(36,37)26-9-7-8-25(30)32-26/h7-13,15,18,20H,14,16-17H2,1-6H3,(H2,30,32)(H,33,35). The molecule has 1 saturated heterocycles. The number of ether oxygens (including phenoxy) is 1. The van der Waals surface area contributed by atoms with Crippen LogP contribution in [0.1, 0.15) is 57.0 Å². The highest BCUT2D eigenvalue weighted by Crippen LogP contribution is 2.38. The molecular formula is C29H37N5O4S. The van der Waals surface area contributed by atoms with Crippen molar-refractivity contribution >= 4 is 27.6 Å². The first-order valence-corrected chi connectivity index (χ1v) is 14.6. The third-order valence-electron chi connectivity index (χ3n) is 6.65. The molecule has 3 N–H and O–H groups in total. The highest BCUT2D eigenvalue weighted by Gasteiger charge is 2.39. The molecule has 0 saturated carbocycles. The van der Waals surface area contributed by atoms with Crippen molar-refractivity contribution in [1.29, 1.82) is 0 Å². The largest absolute Gasteiger partial charge is 0.493 e. The molecule has 208 valence electrons. The molecule has 39 heavy (non-hydrogen) atoms. The van der Waals surface area contributed by atoms with E-state index in [2.05, 4.69) is 49.2 Å². The first-order chi connectivity index (χ1) is 18.2. The second kappa shape index (κ2) is 10.8. The van der Waals surface area contributed by atoms with Gasteiger partial charge in [-0.15, -0.1) is 0 Å². The molecular weight excluding hydrogens is 514 g/mol. The van der Waals surface area contributed by atoms with Crippen LogP contribution in [0.3, 0.4) is 0 Å². The van der Waals surface area contributed by atoms with Crippen LogP contribution in [0, 0.1) is 18.8 Å². The SMILES string of the molecule is Cc1cc(OCC(C)C)cc(-c2cnc(N3CC(C)CC3(C)C)c(C(=O)NS(=O)(=O)c3cccc(N)n3)c2)c1. The van der Waals surface area contributed by atoms with Crippen LogP contribution < -0.4 is 20.1 Å². The number of carbonyl (C=O) groups is 1. The molecule has 3 heterocycles. The van der Waals surface area contributed by atoms with Crippen LogP contribution in [0.4, 0.5) is 11.6 Å². The van der Waals surface area contributed by atoms with Gasteiger partial charge in [0.25, 0.3) is 15.9 Å². The molecule has 9 nitrogen and oxygen atoms in total. The van der Waals surface area contributed by atoms with Gasteiger partial charge in [0.05, 0.1) is 12.2 Å². The molecule has 1 aromatic carbocycles. The highest BCUT2D eigenvalue weighted by atomic mass is 32.2. The van der Waals surface area contributed by atoms with Crippen LogP contribution in [0.2, 0.25) is 0 Å². The minimum Gasteiger partial charge on any atom is -0.493 e. The van der Waals surface area contributed by atoms with E-state index < -0.39 is 15.9 Å². The number of nitrogens with one attached hydrogen (secondary N) is 1. The van der Waals surface area contributed by atoms with Gasteiger partial charge >= 0.3 is 0 Å². The van der Waals surface area contributed by atoms with Crippen molar-refractivity contribution in [3.05, 3.63) is 59.8 Å². The van der Waals surface area contributed by atoms with Crippen LogP contribution >= 0.6 is 0 Å². The van der Waals surface area contributed by atoms with E-state index in [1.165, 1.54) is 18.2 Å².